The number of piperazine rings is 1. The molecule has 11 heteroatoms. The monoisotopic (exact) mass is 540 g/mol. The summed E-state index contributed by atoms with van der Waals surface area (Å²) in [5.74, 6) is 0.328. The maximum absolute atomic E-state index is 13.5. The van der Waals surface area contributed by atoms with Crippen molar-refractivity contribution in [1.82, 2.24) is 20.0 Å². The predicted molar refractivity (Wildman–Crippen MR) is 147 cm³/mol. The van der Waals surface area contributed by atoms with Crippen molar-refractivity contribution in [2.45, 2.75) is 0 Å². The molecule has 4 aromatic rings. The number of ether oxygens (including phenoxy) is 1. The molecule has 9 nitrogen and oxygen atoms in total. The second-order valence-corrected chi connectivity index (χ2v) is 9.28. The molecule has 1 saturated heterocycles. The van der Waals surface area contributed by atoms with E-state index in [0.29, 0.717) is 39.2 Å². The number of anilines is 3. The van der Waals surface area contributed by atoms with Crippen molar-refractivity contribution in [3.8, 4) is 11.1 Å². The van der Waals surface area contributed by atoms with E-state index >= 15 is 0 Å². The molecule has 0 aliphatic carbocycles. The minimum absolute atomic E-state index is 0.144. The van der Waals surface area contributed by atoms with Crippen LogP contribution in [0.2, 0.25) is 10.0 Å². The van der Waals surface area contributed by atoms with E-state index in [1.54, 1.807) is 37.6 Å². The van der Waals surface area contributed by atoms with Crippen molar-refractivity contribution in [2.24, 2.45) is 0 Å². The van der Waals surface area contributed by atoms with Gasteiger partial charge in [-0.15, -0.1) is 4.73 Å². The highest BCUT2D eigenvalue weighted by molar-refractivity contribution is 6.39. The molecule has 1 fully saturated rings. The Labute approximate surface area is 223 Å². The smallest absolute Gasteiger partial charge is 0.293 e. The van der Waals surface area contributed by atoms with E-state index in [4.69, 9.17) is 32.8 Å². The molecule has 2 aromatic heterocycles. The summed E-state index contributed by atoms with van der Waals surface area (Å²) in [6.07, 6.45) is 1.63. The summed E-state index contributed by atoms with van der Waals surface area (Å²) < 4.78 is 6.23. The van der Waals surface area contributed by atoms with Gasteiger partial charge in [0.25, 0.3) is 5.56 Å². The van der Waals surface area contributed by atoms with Gasteiger partial charge in [0.1, 0.15) is 6.61 Å². The maximum Gasteiger partial charge on any atom is 0.293 e. The number of rotatable bonds is 8. The van der Waals surface area contributed by atoms with Gasteiger partial charge in [0.2, 0.25) is 5.95 Å². The van der Waals surface area contributed by atoms with Gasteiger partial charge in [-0.25, -0.2) is 4.98 Å². The highest BCUT2D eigenvalue weighted by Gasteiger charge is 2.19. The first-order chi connectivity index (χ1) is 18.0. The van der Waals surface area contributed by atoms with Crippen molar-refractivity contribution < 1.29 is 9.57 Å². The lowest BCUT2D eigenvalue weighted by Gasteiger charge is -2.29. The Morgan fingerprint density at radius 3 is 2.49 bits per heavy atom. The topological polar surface area (TPSA) is 93.5 Å². The van der Waals surface area contributed by atoms with Crippen molar-refractivity contribution in [3.05, 3.63) is 75.1 Å². The molecule has 0 unspecified atom stereocenters. The van der Waals surface area contributed by atoms with Crippen LogP contribution in [-0.2, 0) is 4.74 Å². The van der Waals surface area contributed by atoms with E-state index in [2.05, 4.69) is 37.6 Å². The highest BCUT2D eigenvalue weighted by atomic mass is 35.5. The molecule has 3 heterocycles. The Morgan fingerprint density at radius 1 is 1.05 bits per heavy atom. The second kappa shape index (κ2) is 11.4. The van der Waals surface area contributed by atoms with Crippen LogP contribution in [0.15, 0.2) is 59.5 Å². The number of halogens is 2. The molecule has 0 amide bonds. The zero-order valence-corrected chi connectivity index (χ0v) is 21.7. The fraction of sp³-hybridized carbons (Fsp3) is 0.269. The summed E-state index contributed by atoms with van der Waals surface area (Å²) in [5.41, 5.74) is 2.57. The number of methoxy groups -OCH3 is 1. The SMILES string of the molecule is COCCOn1c(=O)c(-c2c(Cl)cccc2Cl)cc2cnc(Nc3ccc(N4CCNCC4)cc3)nc21. The molecule has 5 rings (SSSR count). The van der Waals surface area contributed by atoms with Crippen LogP contribution in [-0.4, -0.2) is 61.2 Å². The average molecular weight is 541 g/mol. The quantitative estimate of drug-likeness (QED) is 0.324. The first kappa shape index (κ1) is 25.3. The van der Waals surface area contributed by atoms with E-state index in [1.807, 2.05) is 12.1 Å². The van der Waals surface area contributed by atoms with E-state index in [9.17, 15) is 4.79 Å². The molecule has 0 spiro atoms. The number of benzene rings is 2. The van der Waals surface area contributed by atoms with Gasteiger partial charge in [0, 0.05) is 61.8 Å². The zero-order chi connectivity index (χ0) is 25.8. The number of nitrogens with zero attached hydrogens (tertiary/aromatic N) is 4. The molecule has 192 valence electrons. The normalized spacial score (nSPS) is 13.6. The van der Waals surface area contributed by atoms with Gasteiger partial charge in [-0.05, 0) is 42.5 Å². The molecular formula is C26H26Cl2N6O3. The third kappa shape index (κ3) is 5.50. The van der Waals surface area contributed by atoms with Gasteiger partial charge in [0.05, 0.1) is 22.2 Å². The maximum atomic E-state index is 13.5. The molecule has 2 N–H and O–H groups in total. The largest absolute Gasteiger partial charge is 0.406 e. The fourth-order valence-corrected chi connectivity index (χ4v) is 4.80. The third-order valence-electron chi connectivity index (χ3n) is 6.05. The van der Waals surface area contributed by atoms with Gasteiger partial charge >= 0.3 is 0 Å². The van der Waals surface area contributed by atoms with Crippen molar-refractivity contribution in [1.29, 1.82) is 0 Å². The Kier molecular flexibility index (Phi) is 7.76. The summed E-state index contributed by atoms with van der Waals surface area (Å²) in [5, 5.41) is 7.87. The summed E-state index contributed by atoms with van der Waals surface area (Å²) in [6.45, 7) is 4.34. The van der Waals surface area contributed by atoms with Crippen molar-refractivity contribution in [2.75, 3.05) is 56.7 Å². The number of fused-ring (bicyclic) bond motifs is 1. The van der Waals surface area contributed by atoms with Crippen LogP contribution in [0.5, 0.6) is 0 Å². The summed E-state index contributed by atoms with van der Waals surface area (Å²) >= 11 is 12.8. The highest BCUT2D eigenvalue weighted by Crippen LogP contribution is 2.34. The van der Waals surface area contributed by atoms with E-state index < -0.39 is 5.56 Å². The summed E-state index contributed by atoms with van der Waals surface area (Å²) in [7, 11) is 1.56. The van der Waals surface area contributed by atoms with Crippen molar-refractivity contribution >= 4 is 51.6 Å². The molecule has 0 bridgehead atoms. The fourth-order valence-electron chi connectivity index (χ4n) is 4.20. The summed E-state index contributed by atoms with van der Waals surface area (Å²) in [6, 6.07) is 14.9. The van der Waals surface area contributed by atoms with Crippen LogP contribution < -0.4 is 25.9 Å². The van der Waals surface area contributed by atoms with Gasteiger partial charge in [-0.2, -0.15) is 4.98 Å². The van der Waals surface area contributed by atoms with Crippen LogP contribution in [0.3, 0.4) is 0 Å². The third-order valence-corrected chi connectivity index (χ3v) is 6.68. The number of nitrogens with one attached hydrogen (secondary N) is 2. The Morgan fingerprint density at radius 2 is 1.78 bits per heavy atom. The number of pyridine rings is 1. The molecule has 2 aromatic carbocycles. The lowest BCUT2D eigenvalue weighted by atomic mass is 10.1. The molecule has 0 radical (unpaired) electrons. The van der Waals surface area contributed by atoms with Crippen LogP contribution in [0.4, 0.5) is 17.3 Å². The molecular weight excluding hydrogens is 515 g/mol. The molecule has 1 aliphatic rings. The van der Waals surface area contributed by atoms with Crippen LogP contribution in [0, 0.1) is 0 Å². The number of hydrogen-bond acceptors (Lipinski definition) is 8. The lowest BCUT2D eigenvalue weighted by Crippen LogP contribution is -2.43. The van der Waals surface area contributed by atoms with Crippen LogP contribution >= 0.6 is 23.2 Å². The van der Waals surface area contributed by atoms with Crippen molar-refractivity contribution in [3.63, 3.8) is 0 Å². The first-order valence-corrected chi connectivity index (χ1v) is 12.6. The minimum Gasteiger partial charge on any atom is -0.406 e. The zero-order valence-electron chi connectivity index (χ0n) is 20.2. The van der Waals surface area contributed by atoms with Gasteiger partial charge in [0.15, 0.2) is 5.65 Å². The standard InChI is InChI=1S/C26H26Cl2N6O3/c1-36-13-14-37-34-24-17(15-20(25(34)35)23-21(27)3-2-4-22(23)28)16-30-26(32-24)31-18-5-7-19(8-6-18)33-11-9-29-10-12-33/h2-8,15-16,29H,9-14H2,1H3,(H,30,31,32). The first-order valence-electron chi connectivity index (χ1n) is 11.9. The lowest BCUT2D eigenvalue weighted by molar-refractivity contribution is 0.0584. The van der Waals surface area contributed by atoms with E-state index in [-0.39, 0.29) is 12.2 Å². The molecule has 0 atom stereocenters. The van der Waals surface area contributed by atoms with Gasteiger partial charge in [-0.3, -0.25) is 4.79 Å². The molecule has 0 saturated carbocycles. The second-order valence-electron chi connectivity index (χ2n) is 8.46. The minimum atomic E-state index is -0.441. The Balaban J connectivity index is 1.50. The number of hydrogen-bond donors (Lipinski definition) is 2. The van der Waals surface area contributed by atoms with Gasteiger partial charge < -0.3 is 25.1 Å². The van der Waals surface area contributed by atoms with Crippen LogP contribution in [0.1, 0.15) is 0 Å². The Bertz CT molecular complexity index is 1440. The molecule has 1 aliphatic heterocycles. The van der Waals surface area contributed by atoms with Gasteiger partial charge in [-0.1, -0.05) is 29.3 Å². The number of aromatic nitrogens is 3. The Hall–Kier alpha value is -3.37. The van der Waals surface area contributed by atoms with E-state index in [0.717, 1.165) is 42.3 Å². The average Bonchev–Trinajstić information content (AvgIpc) is 2.91. The molecule has 37 heavy (non-hydrogen) atoms. The summed E-state index contributed by atoms with van der Waals surface area (Å²) in [4.78, 5) is 30.7. The predicted octanol–water partition coefficient (Wildman–Crippen LogP) is 3.99. The van der Waals surface area contributed by atoms with Crippen LogP contribution in [0.25, 0.3) is 22.2 Å². The van der Waals surface area contributed by atoms with E-state index in [1.165, 1.54) is 0 Å².